The second-order valence-electron chi connectivity index (χ2n) is 6.74. The highest BCUT2D eigenvalue weighted by atomic mass is 16.5. The van der Waals surface area contributed by atoms with Crippen LogP contribution in [0.4, 0.5) is 5.82 Å². The molecule has 0 aliphatic carbocycles. The Morgan fingerprint density at radius 3 is 2.71 bits per heavy atom. The summed E-state index contributed by atoms with van der Waals surface area (Å²) in [4.78, 5) is 32.8. The maximum Gasteiger partial charge on any atom is 0.354 e. The number of aryl methyl sites for hydroxylation is 2. The molecule has 0 saturated carbocycles. The lowest BCUT2D eigenvalue weighted by Crippen LogP contribution is -2.36. The fourth-order valence-corrected chi connectivity index (χ4v) is 3.12. The Morgan fingerprint density at radius 2 is 2.06 bits per heavy atom. The third-order valence-corrected chi connectivity index (χ3v) is 4.67. The summed E-state index contributed by atoms with van der Waals surface area (Å²) in [5, 5.41) is 20.1. The Bertz CT molecular complexity index is 1290. The average Bonchev–Trinajstić information content (AvgIpc) is 3.37. The van der Waals surface area contributed by atoms with Gasteiger partial charge in [-0.2, -0.15) is 10.1 Å². The van der Waals surface area contributed by atoms with E-state index in [-0.39, 0.29) is 11.4 Å². The lowest BCUT2D eigenvalue weighted by Gasteiger charge is -2.22. The maximum absolute atomic E-state index is 12.9. The van der Waals surface area contributed by atoms with E-state index in [1.165, 1.54) is 18.1 Å². The van der Waals surface area contributed by atoms with Crippen LogP contribution < -0.4 is 5.43 Å². The third-order valence-electron chi connectivity index (χ3n) is 4.67. The number of amides is 1. The molecule has 0 unspecified atom stereocenters. The SMILES string of the molecule is CCN(Nc1nccc2ccc(-c3noc(C)n3)cc12)C(=O)c1cc(C(=O)O)n(C)n1. The number of pyridine rings is 1. The van der Waals surface area contributed by atoms with Crippen molar-refractivity contribution in [3.63, 3.8) is 0 Å². The quantitative estimate of drug-likeness (QED) is 0.449. The lowest BCUT2D eigenvalue weighted by atomic mass is 10.1. The van der Waals surface area contributed by atoms with Gasteiger partial charge in [0.1, 0.15) is 5.69 Å². The van der Waals surface area contributed by atoms with Crippen molar-refractivity contribution in [3.05, 3.63) is 53.8 Å². The number of hydrogen-bond donors (Lipinski definition) is 2. The number of rotatable bonds is 6. The van der Waals surface area contributed by atoms with E-state index in [0.717, 1.165) is 21.0 Å². The molecule has 0 spiro atoms. The number of aromatic carboxylic acids is 1. The number of nitrogens with one attached hydrogen (secondary N) is 1. The molecule has 0 aliphatic heterocycles. The number of carboxylic acid groups (broad SMARTS) is 1. The minimum Gasteiger partial charge on any atom is -0.477 e. The molecule has 3 aromatic heterocycles. The summed E-state index contributed by atoms with van der Waals surface area (Å²) in [6.07, 6.45) is 1.63. The van der Waals surface area contributed by atoms with Crippen LogP contribution in [-0.2, 0) is 7.05 Å². The molecule has 0 fully saturated rings. The minimum absolute atomic E-state index is 0.0115. The van der Waals surface area contributed by atoms with E-state index in [0.29, 0.717) is 24.1 Å². The molecule has 3 heterocycles. The van der Waals surface area contributed by atoms with Crippen LogP contribution in [0.5, 0.6) is 0 Å². The monoisotopic (exact) mass is 421 g/mol. The molecular weight excluding hydrogens is 402 g/mol. The zero-order chi connectivity index (χ0) is 22.1. The summed E-state index contributed by atoms with van der Waals surface area (Å²) in [7, 11) is 1.47. The summed E-state index contributed by atoms with van der Waals surface area (Å²) in [6, 6.07) is 8.72. The Balaban J connectivity index is 1.68. The first-order valence-corrected chi connectivity index (χ1v) is 9.42. The number of nitrogens with zero attached hydrogens (tertiary/aromatic N) is 6. The van der Waals surface area contributed by atoms with E-state index in [1.54, 1.807) is 20.0 Å². The smallest absolute Gasteiger partial charge is 0.354 e. The zero-order valence-corrected chi connectivity index (χ0v) is 17.0. The fraction of sp³-hybridized carbons (Fsp3) is 0.200. The van der Waals surface area contributed by atoms with E-state index in [1.807, 2.05) is 24.3 Å². The van der Waals surface area contributed by atoms with Gasteiger partial charge in [0.2, 0.25) is 11.7 Å². The number of hydrogen-bond acceptors (Lipinski definition) is 8. The molecule has 4 rings (SSSR count). The zero-order valence-electron chi connectivity index (χ0n) is 17.0. The van der Waals surface area contributed by atoms with Gasteiger partial charge >= 0.3 is 5.97 Å². The first-order valence-electron chi connectivity index (χ1n) is 9.42. The largest absolute Gasteiger partial charge is 0.477 e. The minimum atomic E-state index is -1.16. The van der Waals surface area contributed by atoms with Crippen LogP contribution in [0.2, 0.25) is 0 Å². The van der Waals surface area contributed by atoms with Gasteiger partial charge in [0.15, 0.2) is 11.5 Å². The summed E-state index contributed by atoms with van der Waals surface area (Å²) < 4.78 is 6.21. The second kappa shape index (κ2) is 7.86. The molecule has 158 valence electrons. The van der Waals surface area contributed by atoms with Crippen molar-refractivity contribution in [2.45, 2.75) is 13.8 Å². The number of hydrazine groups is 1. The van der Waals surface area contributed by atoms with Gasteiger partial charge in [-0.3, -0.25) is 14.9 Å². The van der Waals surface area contributed by atoms with Crippen molar-refractivity contribution >= 4 is 28.5 Å². The van der Waals surface area contributed by atoms with Gasteiger partial charge in [-0.1, -0.05) is 17.3 Å². The normalized spacial score (nSPS) is 10.9. The number of carbonyl (C=O) groups is 2. The van der Waals surface area contributed by atoms with Crippen LogP contribution in [0.15, 0.2) is 41.1 Å². The van der Waals surface area contributed by atoms with E-state index in [4.69, 9.17) is 4.52 Å². The van der Waals surface area contributed by atoms with E-state index in [2.05, 4.69) is 25.6 Å². The Hall–Kier alpha value is -4.28. The Morgan fingerprint density at radius 1 is 1.26 bits per heavy atom. The first kappa shape index (κ1) is 20.0. The van der Waals surface area contributed by atoms with Crippen molar-refractivity contribution in [2.75, 3.05) is 12.0 Å². The molecule has 0 radical (unpaired) electrons. The molecular formula is C20H19N7O4. The number of anilines is 1. The molecule has 1 amide bonds. The highest BCUT2D eigenvalue weighted by Gasteiger charge is 2.22. The van der Waals surface area contributed by atoms with Crippen LogP contribution in [0, 0.1) is 6.92 Å². The van der Waals surface area contributed by atoms with Crippen molar-refractivity contribution in [3.8, 4) is 11.4 Å². The molecule has 0 aliphatic rings. The predicted octanol–water partition coefficient (Wildman–Crippen LogP) is 2.51. The third kappa shape index (κ3) is 3.80. The van der Waals surface area contributed by atoms with E-state index >= 15 is 0 Å². The van der Waals surface area contributed by atoms with Crippen LogP contribution in [0.3, 0.4) is 0 Å². The van der Waals surface area contributed by atoms with Gasteiger partial charge in [0.05, 0.1) is 0 Å². The Labute approximate surface area is 176 Å². The van der Waals surface area contributed by atoms with Gasteiger partial charge in [-0.15, -0.1) is 0 Å². The maximum atomic E-state index is 12.9. The Kier molecular flexibility index (Phi) is 5.07. The summed E-state index contributed by atoms with van der Waals surface area (Å²) in [5.74, 6) is -0.283. The van der Waals surface area contributed by atoms with Gasteiger partial charge in [-0.05, 0) is 24.4 Å². The van der Waals surface area contributed by atoms with Crippen molar-refractivity contribution in [1.29, 1.82) is 0 Å². The topological polar surface area (TPSA) is 139 Å². The highest BCUT2D eigenvalue weighted by molar-refractivity contribution is 5.98. The van der Waals surface area contributed by atoms with E-state index in [9.17, 15) is 14.7 Å². The van der Waals surface area contributed by atoms with Crippen LogP contribution in [0.1, 0.15) is 33.8 Å². The van der Waals surface area contributed by atoms with Crippen LogP contribution in [0.25, 0.3) is 22.2 Å². The summed E-state index contributed by atoms with van der Waals surface area (Å²) in [5.41, 5.74) is 3.70. The molecule has 2 N–H and O–H groups in total. The molecule has 0 bridgehead atoms. The number of carboxylic acids is 1. The number of carbonyl (C=O) groups excluding carboxylic acids is 1. The van der Waals surface area contributed by atoms with Gasteiger partial charge < -0.3 is 9.63 Å². The predicted molar refractivity (Wildman–Crippen MR) is 110 cm³/mol. The first-order chi connectivity index (χ1) is 14.9. The molecule has 0 atom stereocenters. The standard InChI is InChI=1S/C20H19N7O4/c1-4-27(19(28)15-10-16(20(29)30)26(3)23-15)24-18-14-9-13(17-22-11(2)31-25-17)6-5-12(14)7-8-21-18/h5-10H,4H2,1-3H3,(H,21,24)(H,29,30). The number of benzene rings is 1. The van der Waals surface area contributed by atoms with Crippen molar-refractivity contribution in [2.24, 2.45) is 7.05 Å². The fourth-order valence-electron chi connectivity index (χ4n) is 3.12. The average molecular weight is 421 g/mol. The van der Waals surface area contributed by atoms with Crippen LogP contribution in [-0.4, -0.2) is 53.4 Å². The molecule has 11 nitrogen and oxygen atoms in total. The summed E-state index contributed by atoms with van der Waals surface area (Å²) >= 11 is 0. The van der Waals surface area contributed by atoms with Crippen molar-refractivity contribution in [1.82, 2.24) is 29.9 Å². The van der Waals surface area contributed by atoms with Crippen LogP contribution >= 0.6 is 0 Å². The number of aromatic nitrogens is 5. The molecule has 11 heteroatoms. The molecule has 31 heavy (non-hydrogen) atoms. The van der Waals surface area contributed by atoms with Gasteiger partial charge in [0, 0.05) is 43.7 Å². The molecule has 4 aromatic rings. The van der Waals surface area contributed by atoms with E-state index < -0.39 is 11.9 Å². The van der Waals surface area contributed by atoms with Gasteiger partial charge in [0.25, 0.3) is 5.91 Å². The summed E-state index contributed by atoms with van der Waals surface area (Å²) in [6.45, 7) is 3.79. The van der Waals surface area contributed by atoms with Gasteiger partial charge in [-0.25, -0.2) is 14.8 Å². The molecule has 1 aromatic carbocycles. The van der Waals surface area contributed by atoms with Crippen molar-refractivity contribution < 1.29 is 19.2 Å². The second-order valence-corrected chi connectivity index (χ2v) is 6.74. The number of fused-ring (bicyclic) bond motifs is 1. The molecule has 0 saturated heterocycles. The highest BCUT2D eigenvalue weighted by Crippen LogP contribution is 2.27. The lowest BCUT2D eigenvalue weighted by molar-refractivity contribution is 0.0684.